The van der Waals surface area contributed by atoms with Gasteiger partial charge in [0.05, 0.1) is 5.54 Å². The van der Waals surface area contributed by atoms with Crippen molar-refractivity contribution in [3.63, 3.8) is 0 Å². The first-order chi connectivity index (χ1) is 6.47. The molecular formula is C13H19N. The van der Waals surface area contributed by atoms with Crippen molar-refractivity contribution in [2.24, 2.45) is 4.99 Å². The smallest absolute Gasteiger partial charge is 0.0523 e. The molecule has 0 heterocycles. The monoisotopic (exact) mass is 189 g/mol. The number of aliphatic imine (C=N–C) groups is 1. The predicted octanol–water partition coefficient (Wildman–Crippen LogP) is 3.49. The summed E-state index contributed by atoms with van der Waals surface area (Å²) in [5.41, 5.74) is 2.57. The van der Waals surface area contributed by atoms with Gasteiger partial charge in [0, 0.05) is 12.1 Å². The van der Waals surface area contributed by atoms with Crippen molar-refractivity contribution in [2.75, 3.05) is 0 Å². The maximum Gasteiger partial charge on any atom is 0.0523 e. The zero-order chi connectivity index (χ0) is 10.6. The molecule has 0 unspecified atom stereocenters. The number of rotatable bonds is 2. The highest BCUT2D eigenvalue weighted by atomic mass is 14.8. The van der Waals surface area contributed by atoms with E-state index in [9.17, 15) is 0 Å². The first-order valence-electron chi connectivity index (χ1n) is 5.07. The predicted molar refractivity (Wildman–Crippen MR) is 63.0 cm³/mol. The maximum absolute atomic E-state index is 4.62. The second-order valence-corrected chi connectivity index (χ2v) is 4.68. The molecule has 14 heavy (non-hydrogen) atoms. The molecular weight excluding hydrogens is 170 g/mol. The van der Waals surface area contributed by atoms with Gasteiger partial charge in [0.25, 0.3) is 0 Å². The van der Waals surface area contributed by atoms with E-state index in [1.54, 1.807) is 0 Å². The summed E-state index contributed by atoms with van der Waals surface area (Å²) >= 11 is 0. The first kappa shape index (κ1) is 11.0. The van der Waals surface area contributed by atoms with Crippen molar-refractivity contribution in [3.8, 4) is 0 Å². The van der Waals surface area contributed by atoms with Crippen LogP contribution in [0.2, 0.25) is 0 Å². The van der Waals surface area contributed by atoms with Crippen LogP contribution in [-0.4, -0.2) is 11.3 Å². The van der Waals surface area contributed by atoms with Crippen LogP contribution in [0.25, 0.3) is 0 Å². The molecule has 1 nitrogen and oxygen atoms in total. The molecule has 0 amide bonds. The average Bonchev–Trinajstić information content (AvgIpc) is 2.02. The highest BCUT2D eigenvalue weighted by Gasteiger charge is 2.07. The van der Waals surface area contributed by atoms with Crippen LogP contribution in [0.3, 0.4) is 0 Å². The Kier molecular flexibility index (Phi) is 3.45. The van der Waals surface area contributed by atoms with Crippen molar-refractivity contribution in [1.29, 1.82) is 0 Å². The molecule has 0 N–H and O–H groups in total. The van der Waals surface area contributed by atoms with Crippen molar-refractivity contribution in [2.45, 2.75) is 39.7 Å². The van der Waals surface area contributed by atoms with Gasteiger partial charge in [-0.1, -0.05) is 30.3 Å². The Morgan fingerprint density at radius 3 is 2.21 bits per heavy atom. The van der Waals surface area contributed by atoms with Gasteiger partial charge >= 0.3 is 0 Å². The Bertz CT molecular complexity index is 304. The third-order valence-corrected chi connectivity index (χ3v) is 1.83. The maximum atomic E-state index is 4.62. The third-order valence-electron chi connectivity index (χ3n) is 1.83. The minimum atomic E-state index is 0.0405. The second-order valence-electron chi connectivity index (χ2n) is 4.68. The van der Waals surface area contributed by atoms with Crippen LogP contribution in [-0.2, 0) is 6.42 Å². The van der Waals surface area contributed by atoms with Crippen molar-refractivity contribution < 1.29 is 0 Å². The fourth-order valence-electron chi connectivity index (χ4n) is 1.50. The lowest BCUT2D eigenvalue weighted by molar-refractivity contribution is 0.582. The molecule has 0 radical (unpaired) electrons. The topological polar surface area (TPSA) is 12.4 Å². The largest absolute Gasteiger partial charge is 0.288 e. The van der Waals surface area contributed by atoms with Gasteiger partial charge in [-0.05, 0) is 33.3 Å². The van der Waals surface area contributed by atoms with Gasteiger partial charge in [-0.15, -0.1) is 0 Å². The summed E-state index contributed by atoms with van der Waals surface area (Å²) in [4.78, 5) is 4.62. The summed E-state index contributed by atoms with van der Waals surface area (Å²) in [6.45, 7) is 8.47. The molecule has 1 aromatic carbocycles. The van der Waals surface area contributed by atoms with Gasteiger partial charge < -0.3 is 0 Å². The summed E-state index contributed by atoms with van der Waals surface area (Å²) < 4.78 is 0. The molecule has 0 saturated carbocycles. The van der Waals surface area contributed by atoms with Gasteiger partial charge in [-0.25, -0.2) is 0 Å². The molecule has 0 aromatic heterocycles. The molecule has 0 fully saturated rings. The molecule has 0 aliphatic heterocycles. The third kappa shape index (κ3) is 4.22. The Labute approximate surface area is 86.9 Å². The van der Waals surface area contributed by atoms with Crippen LogP contribution >= 0.6 is 0 Å². The molecule has 0 aliphatic rings. The van der Waals surface area contributed by atoms with Crippen molar-refractivity contribution in [3.05, 3.63) is 35.9 Å². The summed E-state index contributed by atoms with van der Waals surface area (Å²) in [5, 5.41) is 0. The minimum absolute atomic E-state index is 0.0405. The average molecular weight is 189 g/mol. The molecule has 0 spiro atoms. The van der Waals surface area contributed by atoms with E-state index in [0.29, 0.717) is 0 Å². The lowest BCUT2D eigenvalue weighted by Crippen LogP contribution is -2.13. The van der Waals surface area contributed by atoms with E-state index in [0.717, 1.165) is 6.42 Å². The van der Waals surface area contributed by atoms with Crippen LogP contribution in [0, 0.1) is 0 Å². The Morgan fingerprint density at radius 2 is 1.71 bits per heavy atom. The van der Waals surface area contributed by atoms with E-state index in [1.807, 2.05) is 6.07 Å². The molecule has 0 aliphatic carbocycles. The Balaban J connectivity index is 2.67. The Morgan fingerprint density at radius 1 is 1.14 bits per heavy atom. The lowest BCUT2D eigenvalue weighted by atomic mass is 10.1. The van der Waals surface area contributed by atoms with Crippen LogP contribution in [0.15, 0.2) is 35.3 Å². The van der Waals surface area contributed by atoms with Crippen LogP contribution in [0.5, 0.6) is 0 Å². The fraction of sp³-hybridized carbons (Fsp3) is 0.462. The van der Waals surface area contributed by atoms with Gasteiger partial charge in [-0.3, -0.25) is 4.99 Å². The van der Waals surface area contributed by atoms with E-state index in [-0.39, 0.29) is 5.54 Å². The zero-order valence-corrected chi connectivity index (χ0v) is 9.54. The number of hydrogen-bond acceptors (Lipinski definition) is 1. The van der Waals surface area contributed by atoms with Crippen LogP contribution in [0.1, 0.15) is 33.3 Å². The zero-order valence-electron chi connectivity index (χ0n) is 9.54. The van der Waals surface area contributed by atoms with Gasteiger partial charge in [0.1, 0.15) is 0 Å². The molecule has 0 bridgehead atoms. The highest BCUT2D eigenvalue weighted by molar-refractivity contribution is 5.84. The van der Waals surface area contributed by atoms with Gasteiger partial charge in [-0.2, -0.15) is 0 Å². The molecule has 0 saturated heterocycles. The number of nitrogens with zero attached hydrogens (tertiary/aromatic N) is 1. The summed E-state index contributed by atoms with van der Waals surface area (Å²) in [6, 6.07) is 10.5. The minimum Gasteiger partial charge on any atom is -0.288 e. The molecule has 1 heteroatoms. The quantitative estimate of drug-likeness (QED) is 0.631. The normalized spacial score (nSPS) is 13.0. The SMILES string of the molecule is CC(Cc1ccccc1)=NC(C)(C)C. The standard InChI is InChI=1S/C13H19N/c1-11(14-13(2,3)4)10-12-8-6-5-7-9-12/h5-9H,10H2,1-4H3. The summed E-state index contributed by atoms with van der Waals surface area (Å²) in [6.07, 6.45) is 0.956. The second kappa shape index (κ2) is 4.41. The van der Waals surface area contributed by atoms with Gasteiger partial charge in [0.15, 0.2) is 0 Å². The lowest BCUT2D eigenvalue weighted by Gasteiger charge is -2.14. The molecule has 76 valence electrons. The number of benzene rings is 1. The van der Waals surface area contributed by atoms with Crippen molar-refractivity contribution in [1.82, 2.24) is 0 Å². The van der Waals surface area contributed by atoms with E-state index in [4.69, 9.17) is 0 Å². The number of hydrogen-bond donors (Lipinski definition) is 0. The van der Waals surface area contributed by atoms with Crippen molar-refractivity contribution >= 4 is 5.71 Å². The van der Waals surface area contributed by atoms with E-state index >= 15 is 0 Å². The van der Waals surface area contributed by atoms with Crippen LogP contribution in [0.4, 0.5) is 0 Å². The Hall–Kier alpha value is -1.11. The molecule has 0 atom stereocenters. The molecule has 1 rings (SSSR count). The first-order valence-corrected chi connectivity index (χ1v) is 5.07. The van der Waals surface area contributed by atoms with E-state index in [2.05, 4.69) is 57.0 Å². The molecule has 1 aromatic rings. The van der Waals surface area contributed by atoms with E-state index < -0.39 is 0 Å². The van der Waals surface area contributed by atoms with E-state index in [1.165, 1.54) is 11.3 Å². The highest BCUT2D eigenvalue weighted by Crippen LogP contribution is 2.09. The summed E-state index contributed by atoms with van der Waals surface area (Å²) in [5.74, 6) is 0. The van der Waals surface area contributed by atoms with Crippen LogP contribution < -0.4 is 0 Å². The van der Waals surface area contributed by atoms with Gasteiger partial charge in [0.2, 0.25) is 0 Å². The summed E-state index contributed by atoms with van der Waals surface area (Å²) in [7, 11) is 0. The fourth-order valence-corrected chi connectivity index (χ4v) is 1.50.